The van der Waals surface area contributed by atoms with E-state index in [4.69, 9.17) is 9.68 Å². The third-order valence-corrected chi connectivity index (χ3v) is 3.47. The Labute approximate surface area is 165 Å². The highest BCUT2D eigenvalue weighted by Gasteiger charge is 2.19. The van der Waals surface area contributed by atoms with Crippen LogP contribution in [0.4, 0.5) is 0 Å². The lowest BCUT2D eigenvalue weighted by molar-refractivity contribution is 0.379. The van der Waals surface area contributed by atoms with Gasteiger partial charge in [0, 0.05) is 19.0 Å². The van der Waals surface area contributed by atoms with Gasteiger partial charge < -0.3 is 15.1 Å². The number of halogens is 1. The summed E-state index contributed by atoms with van der Waals surface area (Å²) in [5.74, 6) is 2.15. The predicted octanol–water partition coefficient (Wildman–Crippen LogP) is 3.33. The van der Waals surface area contributed by atoms with Crippen molar-refractivity contribution in [2.75, 3.05) is 7.05 Å². The van der Waals surface area contributed by atoms with Crippen LogP contribution in [0.3, 0.4) is 0 Å². The SMILES string of the molecule is CN=C(NCc1ccc(C#N)cc1)NCc1ncc(C(C)(C)C)o1.I. The predicted molar refractivity (Wildman–Crippen MR) is 109 cm³/mol. The minimum atomic E-state index is -0.0548. The molecule has 0 amide bonds. The van der Waals surface area contributed by atoms with Crippen LogP contribution in [0.2, 0.25) is 0 Å². The molecule has 0 radical (unpaired) electrons. The van der Waals surface area contributed by atoms with Crippen LogP contribution in [0.25, 0.3) is 0 Å². The molecule has 1 heterocycles. The molecule has 0 saturated carbocycles. The van der Waals surface area contributed by atoms with E-state index in [1.54, 1.807) is 25.4 Å². The Balaban J connectivity index is 0.00000312. The Bertz CT molecular complexity index is 738. The average molecular weight is 453 g/mol. The summed E-state index contributed by atoms with van der Waals surface area (Å²) in [5.41, 5.74) is 1.67. The van der Waals surface area contributed by atoms with Gasteiger partial charge in [-0.25, -0.2) is 4.98 Å². The van der Waals surface area contributed by atoms with E-state index in [2.05, 4.69) is 47.5 Å². The van der Waals surface area contributed by atoms with E-state index < -0.39 is 0 Å². The van der Waals surface area contributed by atoms with Crippen molar-refractivity contribution in [3.05, 3.63) is 53.2 Å². The number of hydrogen-bond donors (Lipinski definition) is 2. The zero-order valence-corrected chi connectivity index (χ0v) is 17.3. The van der Waals surface area contributed by atoms with Crippen LogP contribution in [-0.4, -0.2) is 18.0 Å². The molecule has 0 aliphatic heterocycles. The van der Waals surface area contributed by atoms with Gasteiger partial charge in [0.1, 0.15) is 5.76 Å². The molecular formula is C18H24IN5O. The van der Waals surface area contributed by atoms with Crippen LogP contribution >= 0.6 is 24.0 Å². The molecule has 0 aliphatic carbocycles. The van der Waals surface area contributed by atoms with Gasteiger partial charge in [-0.05, 0) is 17.7 Å². The molecule has 134 valence electrons. The van der Waals surface area contributed by atoms with Gasteiger partial charge in [0.2, 0.25) is 5.89 Å². The molecule has 25 heavy (non-hydrogen) atoms. The first-order chi connectivity index (χ1) is 11.4. The third-order valence-electron chi connectivity index (χ3n) is 3.47. The molecule has 7 heteroatoms. The Morgan fingerprint density at radius 2 is 1.84 bits per heavy atom. The molecule has 0 aliphatic rings. The van der Waals surface area contributed by atoms with E-state index in [0.29, 0.717) is 30.5 Å². The van der Waals surface area contributed by atoms with Crippen LogP contribution in [0, 0.1) is 11.3 Å². The Morgan fingerprint density at radius 3 is 2.36 bits per heavy atom. The van der Waals surface area contributed by atoms with Crippen LogP contribution in [-0.2, 0) is 18.5 Å². The summed E-state index contributed by atoms with van der Waals surface area (Å²) in [7, 11) is 1.71. The van der Waals surface area contributed by atoms with E-state index >= 15 is 0 Å². The molecule has 1 aromatic heterocycles. The molecule has 0 saturated heterocycles. The number of hydrogen-bond acceptors (Lipinski definition) is 4. The van der Waals surface area contributed by atoms with E-state index in [0.717, 1.165) is 11.3 Å². The van der Waals surface area contributed by atoms with Gasteiger partial charge in [0.05, 0.1) is 24.4 Å². The van der Waals surface area contributed by atoms with Crippen LogP contribution in [0.15, 0.2) is 39.9 Å². The fourth-order valence-electron chi connectivity index (χ4n) is 2.00. The van der Waals surface area contributed by atoms with Gasteiger partial charge in [-0.1, -0.05) is 32.9 Å². The number of guanidine groups is 1. The summed E-state index contributed by atoms with van der Waals surface area (Å²) in [6.07, 6.45) is 1.77. The van der Waals surface area contributed by atoms with Crippen molar-refractivity contribution in [1.29, 1.82) is 5.26 Å². The van der Waals surface area contributed by atoms with Crippen molar-refractivity contribution in [3.63, 3.8) is 0 Å². The van der Waals surface area contributed by atoms with Crippen molar-refractivity contribution in [3.8, 4) is 6.07 Å². The minimum absolute atomic E-state index is 0. The first-order valence-corrected chi connectivity index (χ1v) is 7.81. The van der Waals surface area contributed by atoms with Gasteiger partial charge in [0.25, 0.3) is 0 Å². The maximum absolute atomic E-state index is 8.81. The highest BCUT2D eigenvalue weighted by molar-refractivity contribution is 14.0. The molecular weight excluding hydrogens is 429 g/mol. The zero-order valence-electron chi connectivity index (χ0n) is 15.0. The maximum atomic E-state index is 8.81. The van der Waals surface area contributed by atoms with Crippen molar-refractivity contribution in [1.82, 2.24) is 15.6 Å². The largest absolute Gasteiger partial charge is 0.443 e. The molecule has 2 N–H and O–H groups in total. The molecule has 1 aromatic carbocycles. The number of oxazole rings is 1. The summed E-state index contributed by atoms with van der Waals surface area (Å²) < 4.78 is 5.74. The number of rotatable bonds is 4. The summed E-state index contributed by atoms with van der Waals surface area (Å²) >= 11 is 0. The fourth-order valence-corrected chi connectivity index (χ4v) is 2.00. The summed E-state index contributed by atoms with van der Waals surface area (Å²) in [6.45, 7) is 7.34. The van der Waals surface area contributed by atoms with Crippen molar-refractivity contribution in [2.24, 2.45) is 4.99 Å². The monoisotopic (exact) mass is 453 g/mol. The smallest absolute Gasteiger partial charge is 0.213 e. The second kappa shape index (κ2) is 9.42. The van der Waals surface area contributed by atoms with E-state index in [-0.39, 0.29) is 29.4 Å². The highest BCUT2D eigenvalue weighted by atomic mass is 127. The Morgan fingerprint density at radius 1 is 1.20 bits per heavy atom. The first-order valence-electron chi connectivity index (χ1n) is 7.81. The number of nitrogens with one attached hydrogen (secondary N) is 2. The lowest BCUT2D eigenvalue weighted by Crippen LogP contribution is -2.36. The number of benzene rings is 1. The number of nitriles is 1. The molecule has 0 fully saturated rings. The van der Waals surface area contributed by atoms with E-state index in [1.165, 1.54) is 0 Å². The van der Waals surface area contributed by atoms with Crippen molar-refractivity contribution in [2.45, 2.75) is 39.3 Å². The zero-order chi connectivity index (χ0) is 17.6. The summed E-state index contributed by atoms with van der Waals surface area (Å²) in [6, 6.07) is 9.54. The first kappa shape index (κ1) is 21.0. The summed E-state index contributed by atoms with van der Waals surface area (Å²) in [5, 5.41) is 15.2. The third kappa shape index (κ3) is 6.38. The molecule has 6 nitrogen and oxygen atoms in total. The second-order valence-corrected chi connectivity index (χ2v) is 6.46. The maximum Gasteiger partial charge on any atom is 0.213 e. The lowest BCUT2D eigenvalue weighted by atomic mass is 9.94. The van der Waals surface area contributed by atoms with Gasteiger partial charge in [0.15, 0.2) is 5.96 Å². The van der Waals surface area contributed by atoms with Crippen LogP contribution in [0.1, 0.15) is 43.5 Å². The van der Waals surface area contributed by atoms with E-state index in [9.17, 15) is 0 Å². The van der Waals surface area contributed by atoms with Crippen LogP contribution < -0.4 is 10.6 Å². The Kier molecular flexibility index (Phi) is 7.90. The topological polar surface area (TPSA) is 86.2 Å². The lowest BCUT2D eigenvalue weighted by Gasteiger charge is -2.13. The number of aliphatic imine (C=N–C) groups is 1. The fraction of sp³-hybridized carbons (Fsp3) is 0.389. The number of aromatic nitrogens is 1. The molecule has 2 aromatic rings. The van der Waals surface area contributed by atoms with Gasteiger partial charge in [-0.3, -0.25) is 4.99 Å². The highest BCUT2D eigenvalue weighted by Crippen LogP contribution is 2.22. The standard InChI is InChI=1S/C18H23N5O.HI/c1-18(2,3)15-11-21-16(24-15)12-23-17(20-4)22-10-14-7-5-13(9-19)6-8-14;/h5-8,11H,10,12H2,1-4H3,(H2,20,22,23);1H. The summed E-state index contributed by atoms with van der Waals surface area (Å²) in [4.78, 5) is 8.46. The molecule has 0 bridgehead atoms. The van der Waals surface area contributed by atoms with Gasteiger partial charge >= 0.3 is 0 Å². The van der Waals surface area contributed by atoms with Crippen molar-refractivity contribution < 1.29 is 4.42 Å². The molecule has 0 spiro atoms. The molecule has 2 rings (SSSR count). The van der Waals surface area contributed by atoms with Gasteiger partial charge in [-0.2, -0.15) is 5.26 Å². The Hall–Kier alpha value is -2.08. The average Bonchev–Trinajstić information content (AvgIpc) is 3.05. The second-order valence-electron chi connectivity index (χ2n) is 6.46. The molecule has 0 atom stereocenters. The quantitative estimate of drug-likeness (QED) is 0.422. The van der Waals surface area contributed by atoms with Gasteiger partial charge in [-0.15, -0.1) is 24.0 Å². The normalized spacial score (nSPS) is 11.4. The van der Waals surface area contributed by atoms with Crippen molar-refractivity contribution >= 4 is 29.9 Å². The van der Waals surface area contributed by atoms with Crippen LogP contribution in [0.5, 0.6) is 0 Å². The number of nitrogens with zero attached hydrogens (tertiary/aromatic N) is 3. The molecule has 0 unspecified atom stereocenters. The van der Waals surface area contributed by atoms with E-state index in [1.807, 2.05) is 12.1 Å². The minimum Gasteiger partial charge on any atom is -0.443 e.